The number of benzene rings is 3. The van der Waals surface area contributed by atoms with Crippen LogP contribution in [0.1, 0.15) is 100 Å². The Morgan fingerprint density at radius 3 is 2.44 bits per heavy atom. The molecule has 5 atom stereocenters. The van der Waals surface area contributed by atoms with Gasteiger partial charge in [-0.2, -0.15) is 8.62 Å². The Morgan fingerprint density at radius 2 is 1.65 bits per heavy atom. The van der Waals surface area contributed by atoms with Crippen molar-refractivity contribution in [3.63, 3.8) is 0 Å². The number of carbonyl (C=O) groups is 2. The molecule has 7 heterocycles. The van der Waals surface area contributed by atoms with Crippen LogP contribution in [0.4, 0.5) is 5.69 Å². The van der Waals surface area contributed by atoms with E-state index in [0.29, 0.717) is 12.0 Å². The quantitative estimate of drug-likeness (QED) is 0.0520. The number of ether oxygens (including phenoxy) is 2. The fourth-order valence-electron chi connectivity index (χ4n) is 11.3. The molecule has 400 valence electrons. The summed E-state index contributed by atoms with van der Waals surface area (Å²) < 4.78 is 62.9. The van der Waals surface area contributed by atoms with E-state index in [0.717, 1.165) is 122 Å². The van der Waals surface area contributed by atoms with E-state index in [4.69, 9.17) is 19.3 Å². The van der Waals surface area contributed by atoms with Crippen LogP contribution in [0.3, 0.4) is 0 Å². The molecule has 2 unspecified atom stereocenters. The monoisotopic (exact) mass is 1100 g/mol. The zero-order chi connectivity index (χ0) is 53.0. The van der Waals surface area contributed by atoms with Crippen molar-refractivity contribution in [1.29, 1.82) is 0 Å². The summed E-state index contributed by atoms with van der Waals surface area (Å²) in [5.74, 6) is 1.35. The van der Waals surface area contributed by atoms with E-state index >= 15 is 0 Å². The van der Waals surface area contributed by atoms with E-state index in [1.54, 1.807) is 11.9 Å². The zero-order valence-electron chi connectivity index (χ0n) is 40.9. The van der Waals surface area contributed by atoms with E-state index in [9.17, 15) is 47.8 Å². The molecule has 2 amide bonds. The van der Waals surface area contributed by atoms with Crippen molar-refractivity contribution in [2.75, 3.05) is 57.8 Å². The number of phosphoric ester groups is 1. The second-order valence-electron chi connectivity index (χ2n) is 19.5. The topological polar surface area (TPSA) is 309 Å². The Labute approximate surface area is 429 Å². The van der Waals surface area contributed by atoms with Gasteiger partial charge < -0.3 is 49.3 Å². The molecule has 0 aliphatic carbocycles. The van der Waals surface area contributed by atoms with Crippen LogP contribution in [-0.2, 0) is 62.1 Å². The number of anilines is 1. The number of aromatic amines is 1. The lowest BCUT2D eigenvalue weighted by Gasteiger charge is -2.39. The van der Waals surface area contributed by atoms with E-state index in [1.165, 1.54) is 45.5 Å². The van der Waals surface area contributed by atoms with Gasteiger partial charge in [-0.1, -0.05) is 30.4 Å². The molecule has 1 fully saturated rings. The number of hydrogen-bond acceptors (Lipinski definition) is 14. The summed E-state index contributed by atoms with van der Waals surface area (Å²) in [7, 11) is -15.2. The van der Waals surface area contributed by atoms with Crippen molar-refractivity contribution in [2.45, 2.75) is 89.1 Å². The third-order valence-corrected chi connectivity index (χ3v) is 18.2. The molecule has 0 bridgehead atoms. The van der Waals surface area contributed by atoms with Gasteiger partial charge in [0, 0.05) is 104 Å². The van der Waals surface area contributed by atoms with Crippen LogP contribution in [0.25, 0.3) is 11.6 Å². The Balaban J connectivity index is 0.792. The molecular weight excluding hydrogens is 1040 g/mol. The van der Waals surface area contributed by atoms with Crippen molar-refractivity contribution in [1.82, 2.24) is 24.3 Å². The maximum atomic E-state index is 14.6. The highest BCUT2D eigenvalue weighted by atomic mass is 31.3. The number of nitrogens with zero attached hydrogens (tertiary/aromatic N) is 4. The molecular formula is C49H58N6O17P3+. The van der Waals surface area contributed by atoms with Crippen LogP contribution in [0.2, 0.25) is 0 Å². The molecule has 1 saturated heterocycles. The number of aromatic nitrogens is 2. The Hall–Kier alpha value is -5.38. The highest BCUT2D eigenvalue weighted by Gasteiger charge is 2.43. The number of aliphatic hydroxyl groups excluding tert-OH is 1. The van der Waals surface area contributed by atoms with Gasteiger partial charge in [0.25, 0.3) is 11.5 Å². The van der Waals surface area contributed by atoms with E-state index < -0.39 is 59.8 Å². The maximum absolute atomic E-state index is 14.6. The van der Waals surface area contributed by atoms with Crippen molar-refractivity contribution in [2.24, 2.45) is 0 Å². The Kier molecular flexibility index (Phi) is 15.0. The first-order chi connectivity index (χ1) is 35.7. The summed E-state index contributed by atoms with van der Waals surface area (Å²) in [4.78, 5) is 96.0. The molecule has 6 aliphatic heterocycles. The van der Waals surface area contributed by atoms with Crippen LogP contribution >= 0.6 is 23.5 Å². The predicted octanol–water partition coefficient (Wildman–Crippen LogP) is 2.65. The second-order valence-corrected chi connectivity index (χ2v) is 23.9. The van der Waals surface area contributed by atoms with E-state index in [-0.39, 0.29) is 43.3 Å². The number of hydrogen-bond donors (Lipinski definition) is 7. The number of rotatable bonds is 17. The summed E-state index contributed by atoms with van der Waals surface area (Å²) in [5, 5.41) is 15.6. The highest BCUT2D eigenvalue weighted by Crippen LogP contribution is 2.66. The van der Waals surface area contributed by atoms with Gasteiger partial charge in [0.15, 0.2) is 0 Å². The SMILES string of the molecule is CN(CCCC(=O)NC/C=C/c1cn([C@H]2C[C@H](O)[C@@H](COP(=O)(O)OP(=O)(O)OP(=O)(O)O)O2)c(=O)[nH]c1=O)C(=O)c1ccccc1C1=c2cc3c4c(c2Oc2c1cc1c5c2CCCN5CCC1)CCC[N+]=4CCC3. The average molecular weight is 1100 g/mol. The third-order valence-electron chi connectivity index (χ3n) is 14.4. The van der Waals surface area contributed by atoms with Crippen LogP contribution < -0.4 is 41.4 Å². The Morgan fingerprint density at radius 1 is 0.920 bits per heavy atom. The number of fused-ring (bicyclic) bond motifs is 4. The lowest BCUT2D eigenvalue weighted by atomic mass is 9.81. The van der Waals surface area contributed by atoms with Crippen LogP contribution in [0, 0.1) is 0 Å². The predicted molar refractivity (Wildman–Crippen MR) is 271 cm³/mol. The number of nitrogens with one attached hydrogen (secondary N) is 2. The van der Waals surface area contributed by atoms with Crippen LogP contribution in [0.15, 0.2) is 58.3 Å². The fourth-order valence-corrected chi connectivity index (χ4v) is 14.3. The van der Waals surface area contributed by atoms with Gasteiger partial charge >= 0.3 is 29.2 Å². The van der Waals surface area contributed by atoms with Crippen molar-refractivity contribution >= 4 is 52.6 Å². The first-order valence-electron chi connectivity index (χ1n) is 24.9. The van der Waals surface area contributed by atoms with E-state index in [1.807, 2.05) is 24.3 Å². The molecule has 0 saturated carbocycles. The van der Waals surface area contributed by atoms with Crippen LogP contribution in [0.5, 0.6) is 11.5 Å². The number of amides is 2. The molecule has 4 aromatic rings. The number of aryl methyl sites for hydroxylation is 2. The van der Waals surface area contributed by atoms with Gasteiger partial charge in [-0.05, 0) is 74.3 Å². The summed E-state index contributed by atoms with van der Waals surface area (Å²) in [6, 6.07) is 12.5. The van der Waals surface area contributed by atoms with Gasteiger partial charge in [-0.3, -0.25) is 28.5 Å². The average Bonchev–Trinajstić information content (AvgIpc) is 3.73. The smallest absolute Gasteiger partial charge is 0.455 e. The summed E-state index contributed by atoms with van der Waals surface area (Å²) >= 11 is 0. The largest absolute Gasteiger partial charge is 0.490 e. The third kappa shape index (κ3) is 11.2. The first kappa shape index (κ1) is 53.0. The summed E-state index contributed by atoms with van der Waals surface area (Å²) in [6.45, 7) is 3.47. The van der Waals surface area contributed by atoms with Gasteiger partial charge in [0.1, 0.15) is 36.9 Å². The van der Waals surface area contributed by atoms with Gasteiger partial charge in [0.2, 0.25) is 11.3 Å². The normalized spacial score (nSPS) is 21.3. The minimum Gasteiger partial charge on any atom is -0.455 e. The molecule has 1 aromatic heterocycles. The highest BCUT2D eigenvalue weighted by molar-refractivity contribution is 7.66. The van der Waals surface area contributed by atoms with Gasteiger partial charge in [-0.15, -0.1) is 0 Å². The summed E-state index contributed by atoms with van der Waals surface area (Å²) in [6.07, 6.45) is 8.11. The summed E-state index contributed by atoms with van der Waals surface area (Å²) in [5.41, 5.74) is 8.22. The Bertz CT molecular complexity index is 3420. The lowest BCUT2D eigenvalue weighted by molar-refractivity contribution is -0.121. The number of aliphatic hydroxyl groups is 1. The molecule has 3 aromatic carbocycles. The number of phosphoric acid groups is 3. The minimum absolute atomic E-state index is 0.00194. The number of H-pyrrole nitrogens is 1. The molecule has 23 nitrogen and oxygen atoms in total. The first-order valence-corrected chi connectivity index (χ1v) is 29.4. The molecule has 0 radical (unpaired) electrons. The molecule has 10 rings (SSSR count). The fraction of sp³-hybridized carbons (Fsp3) is 0.449. The van der Waals surface area contributed by atoms with Gasteiger partial charge in [-0.25, -0.2) is 23.1 Å². The van der Waals surface area contributed by atoms with Crippen molar-refractivity contribution in [3.8, 4) is 11.5 Å². The van der Waals surface area contributed by atoms with Gasteiger partial charge in [0.05, 0.1) is 23.8 Å². The molecule has 26 heteroatoms. The standard InChI is InChI=1S/C49H57N6O17P3/c1-52(19-9-17-40(57)50-18-4-10-31-27-55(49(60)51-47(31)58)41-26-38(56)39(69-41)28-68-74(64,65)72-75(66,67)71-73(61,62)63)48(59)33-14-3-2-13-32(33)42-36-24-29-11-5-20-53-22-7-15-34(43(29)53)45(36)70-46-35-16-8-23-54-21-6-12-30(44(35)54)25-37(42)46/h2-4,10,13-14,24-25,27,38-39,41,56H,5-9,11-12,15-23,26,28H2,1H3,(H5-,50,51,57,58,60,61,62,63,64,65,66,67)/p+1/b10-4+/t38-,39+,41+/m0/s1. The molecule has 75 heavy (non-hydrogen) atoms. The molecule has 0 spiro atoms. The lowest BCUT2D eigenvalue weighted by Crippen LogP contribution is -2.45. The van der Waals surface area contributed by atoms with Crippen molar-refractivity contribution in [3.05, 3.63) is 125 Å². The molecule has 6 aliphatic rings. The second kappa shape index (κ2) is 21.2. The minimum atomic E-state index is -5.79. The van der Waals surface area contributed by atoms with Crippen LogP contribution in [-0.4, -0.2) is 116 Å². The van der Waals surface area contributed by atoms with Crippen molar-refractivity contribution < 1.29 is 70.6 Å². The maximum Gasteiger partial charge on any atom is 0.490 e. The number of carbonyl (C=O) groups excluding carboxylic acids is 2. The molecule has 7 N–H and O–H groups in total. The van der Waals surface area contributed by atoms with E-state index in [2.05, 4.69) is 45.1 Å². The zero-order valence-corrected chi connectivity index (χ0v) is 43.6.